The van der Waals surface area contributed by atoms with E-state index in [2.05, 4.69) is 0 Å². The number of primary amides is 1. The highest BCUT2D eigenvalue weighted by Crippen LogP contribution is 2.34. The van der Waals surface area contributed by atoms with Crippen molar-refractivity contribution in [3.05, 3.63) is 28.9 Å². The SMILES string of the molecule is Cn1ccc(C=C2SC(=S)N(C(CC(N)=O)C(=O)O)C2=O)c1. The van der Waals surface area contributed by atoms with E-state index < -0.39 is 30.2 Å². The zero-order chi connectivity index (χ0) is 16.4. The van der Waals surface area contributed by atoms with Crippen molar-refractivity contribution in [2.24, 2.45) is 12.8 Å². The van der Waals surface area contributed by atoms with Gasteiger partial charge in [-0.25, -0.2) is 4.79 Å². The minimum Gasteiger partial charge on any atom is -0.480 e. The van der Waals surface area contributed by atoms with Crippen LogP contribution in [-0.2, 0) is 21.4 Å². The fourth-order valence-corrected chi connectivity index (χ4v) is 3.35. The number of carboxylic acid groups (broad SMARTS) is 1. The van der Waals surface area contributed by atoms with E-state index >= 15 is 0 Å². The van der Waals surface area contributed by atoms with Crippen LogP contribution in [0, 0.1) is 0 Å². The lowest BCUT2D eigenvalue weighted by Crippen LogP contribution is -2.46. The van der Waals surface area contributed by atoms with Crippen LogP contribution < -0.4 is 5.73 Å². The largest absolute Gasteiger partial charge is 0.480 e. The van der Waals surface area contributed by atoms with Crippen LogP contribution in [-0.4, -0.2) is 42.7 Å². The Morgan fingerprint density at radius 3 is 2.73 bits per heavy atom. The Bertz CT molecular complexity index is 695. The molecule has 1 aromatic heterocycles. The molecule has 0 aliphatic carbocycles. The lowest BCUT2D eigenvalue weighted by Gasteiger charge is -2.21. The van der Waals surface area contributed by atoms with Crippen molar-refractivity contribution in [3.63, 3.8) is 0 Å². The molecule has 1 saturated heterocycles. The average molecular weight is 339 g/mol. The molecule has 0 radical (unpaired) electrons. The van der Waals surface area contributed by atoms with Crippen LogP contribution in [0.2, 0.25) is 0 Å². The molecule has 7 nitrogen and oxygen atoms in total. The number of thioether (sulfide) groups is 1. The molecule has 0 spiro atoms. The number of amides is 2. The number of thiocarbonyl (C=S) groups is 1. The highest BCUT2D eigenvalue weighted by atomic mass is 32.2. The van der Waals surface area contributed by atoms with Gasteiger partial charge in [-0.1, -0.05) is 24.0 Å². The van der Waals surface area contributed by atoms with Crippen molar-refractivity contribution < 1.29 is 19.5 Å². The molecule has 1 aromatic rings. The third-order valence-corrected chi connectivity index (χ3v) is 4.30. The molecule has 1 fully saturated rings. The van der Waals surface area contributed by atoms with Crippen molar-refractivity contribution in [2.75, 3.05) is 0 Å². The van der Waals surface area contributed by atoms with Gasteiger partial charge in [-0.2, -0.15) is 0 Å². The minimum absolute atomic E-state index is 0.0980. The molecule has 1 unspecified atom stereocenters. The Morgan fingerprint density at radius 1 is 1.55 bits per heavy atom. The van der Waals surface area contributed by atoms with Gasteiger partial charge in [0.15, 0.2) is 0 Å². The van der Waals surface area contributed by atoms with Crippen LogP contribution in [0.1, 0.15) is 12.0 Å². The van der Waals surface area contributed by atoms with Gasteiger partial charge in [-0.05, 0) is 17.7 Å². The number of aliphatic carboxylic acids is 1. The van der Waals surface area contributed by atoms with E-state index in [1.165, 1.54) is 0 Å². The summed E-state index contributed by atoms with van der Waals surface area (Å²) in [5, 5.41) is 9.20. The van der Waals surface area contributed by atoms with Gasteiger partial charge in [0.05, 0.1) is 11.3 Å². The number of aryl methyl sites for hydroxylation is 1. The molecule has 2 rings (SSSR count). The Hall–Kier alpha value is -2.13. The van der Waals surface area contributed by atoms with Crippen LogP contribution in [0.4, 0.5) is 0 Å². The molecule has 2 amide bonds. The highest BCUT2D eigenvalue weighted by Gasteiger charge is 2.41. The molecule has 2 heterocycles. The Kier molecular flexibility index (Phi) is 4.67. The summed E-state index contributed by atoms with van der Waals surface area (Å²) in [6, 6.07) is 0.427. The number of aromatic nitrogens is 1. The van der Waals surface area contributed by atoms with Crippen LogP contribution in [0.5, 0.6) is 0 Å². The van der Waals surface area contributed by atoms with E-state index in [4.69, 9.17) is 18.0 Å². The standard InChI is InChI=1S/C13H13N3O4S2/c1-15-3-2-7(6-15)4-9-11(18)16(13(21)22-9)8(12(19)20)5-10(14)17/h2-4,6,8H,5H2,1H3,(H2,14,17)(H,19,20). The predicted molar refractivity (Wildman–Crippen MR) is 85.7 cm³/mol. The first-order valence-electron chi connectivity index (χ1n) is 6.19. The topological polar surface area (TPSA) is 106 Å². The third kappa shape index (κ3) is 3.37. The monoisotopic (exact) mass is 339 g/mol. The summed E-state index contributed by atoms with van der Waals surface area (Å²) >= 11 is 6.07. The number of nitrogens with two attached hydrogens (primary N) is 1. The van der Waals surface area contributed by atoms with E-state index in [1.54, 1.807) is 6.08 Å². The summed E-state index contributed by atoms with van der Waals surface area (Å²) in [4.78, 5) is 35.9. The molecule has 116 valence electrons. The van der Waals surface area contributed by atoms with Gasteiger partial charge in [0.25, 0.3) is 5.91 Å². The first-order chi connectivity index (χ1) is 10.3. The molecular formula is C13H13N3O4S2. The molecule has 9 heteroatoms. The summed E-state index contributed by atoms with van der Waals surface area (Å²) in [6.45, 7) is 0. The summed E-state index contributed by atoms with van der Waals surface area (Å²) in [7, 11) is 1.84. The fourth-order valence-electron chi connectivity index (χ4n) is 1.99. The molecule has 0 aromatic carbocycles. The third-order valence-electron chi connectivity index (χ3n) is 2.97. The number of carbonyl (C=O) groups excluding carboxylic acids is 2. The molecule has 3 N–H and O–H groups in total. The maximum absolute atomic E-state index is 12.4. The summed E-state index contributed by atoms with van der Waals surface area (Å²) in [5.41, 5.74) is 5.84. The molecule has 0 bridgehead atoms. The van der Waals surface area contributed by atoms with E-state index in [0.29, 0.717) is 4.91 Å². The maximum atomic E-state index is 12.4. The van der Waals surface area contributed by atoms with E-state index in [0.717, 1.165) is 22.2 Å². The molecule has 0 saturated carbocycles. The first kappa shape index (κ1) is 16.2. The number of carbonyl (C=O) groups is 3. The number of nitrogens with zero attached hydrogens (tertiary/aromatic N) is 2. The lowest BCUT2D eigenvalue weighted by molar-refractivity contribution is -0.146. The van der Waals surface area contributed by atoms with E-state index in [1.807, 2.05) is 30.1 Å². The molecular weight excluding hydrogens is 326 g/mol. The fraction of sp³-hybridized carbons (Fsp3) is 0.231. The molecule has 1 aliphatic rings. The van der Waals surface area contributed by atoms with Gasteiger partial charge >= 0.3 is 5.97 Å². The normalized spacial score (nSPS) is 18.0. The highest BCUT2D eigenvalue weighted by molar-refractivity contribution is 8.26. The second-order valence-electron chi connectivity index (χ2n) is 4.69. The van der Waals surface area contributed by atoms with Gasteiger partial charge in [-0.3, -0.25) is 14.5 Å². The first-order valence-corrected chi connectivity index (χ1v) is 7.42. The second kappa shape index (κ2) is 6.32. The number of hydrogen-bond acceptors (Lipinski definition) is 5. The minimum atomic E-state index is -1.38. The van der Waals surface area contributed by atoms with Crippen LogP contribution in [0.25, 0.3) is 6.08 Å². The lowest BCUT2D eigenvalue weighted by atomic mass is 10.1. The van der Waals surface area contributed by atoms with Crippen molar-refractivity contribution >= 4 is 52.2 Å². The van der Waals surface area contributed by atoms with Crippen molar-refractivity contribution in [1.82, 2.24) is 9.47 Å². The van der Waals surface area contributed by atoms with E-state index in [-0.39, 0.29) is 4.32 Å². The Morgan fingerprint density at radius 2 is 2.23 bits per heavy atom. The maximum Gasteiger partial charge on any atom is 0.327 e. The van der Waals surface area contributed by atoms with Crippen LogP contribution in [0.3, 0.4) is 0 Å². The number of carboxylic acids is 1. The van der Waals surface area contributed by atoms with Gasteiger partial charge in [0.2, 0.25) is 5.91 Å². The quantitative estimate of drug-likeness (QED) is 0.600. The summed E-state index contributed by atoms with van der Waals surface area (Å²) < 4.78 is 1.92. The van der Waals surface area contributed by atoms with Crippen molar-refractivity contribution in [2.45, 2.75) is 12.5 Å². The van der Waals surface area contributed by atoms with Crippen LogP contribution in [0.15, 0.2) is 23.4 Å². The molecule has 1 atom stereocenters. The Balaban J connectivity index is 2.29. The summed E-state index contributed by atoms with van der Waals surface area (Å²) in [5.74, 6) is -2.67. The zero-order valence-electron chi connectivity index (χ0n) is 11.6. The number of hydrogen-bond donors (Lipinski definition) is 2. The summed E-state index contributed by atoms with van der Waals surface area (Å²) in [6.07, 6.45) is 4.77. The zero-order valence-corrected chi connectivity index (χ0v) is 13.2. The molecule has 22 heavy (non-hydrogen) atoms. The van der Waals surface area contributed by atoms with Crippen LogP contribution >= 0.6 is 24.0 Å². The van der Waals surface area contributed by atoms with Gasteiger partial charge in [-0.15, -0.1) is 0 Å². The van der Waals surface area contributed by atoms with Gasteiger partial charge < -0.3 is 15.4 Å². The second-order valence-corrected chi connectivity index (χ2v) is 6.36. The van der Waals surface area contributed by atoms with Crippen molar-refractivity contribution in [3.8, 4) is 0 Å². The number of rotatable bonds is 5. The van der Waals surface area contributed by atoms with Crippen molar-refractivity contribution in [1.29, 1.82) is 0 Å². The van der Waals surface area contributed by atoms with Gasteiger partial charge in [0.1, 0.15) is 10.4 Å². The average Bonchev–Trinajstić information content (AvgIpc) is 2.92. The predicted octanol–water partition coefficient (Wildman–Crippen LogP) is 0.555. The smallest absolute Gasteiger partial charge is 0.327 e. The van der Waals surface area contributed by atoms with Gasteiger partial charge in [0, 0.05) is 19.4 Å². The Labute approximate surface area is 135 Å². The van der Waals surface area contributed by atoms with E-state index in [9.17, 15) is 19.5 Å². The molecule has 1 aliphatic heterocycles.